The first-order chi connectivity index (χ1) is 7.78. The predicted octanol–water partition coefficient (Wildman–Crippen LogP) is 2.87. The Morgan fingerprint density at radius 2 is 2.12 bits per heavy atom. The van der Waals surface area contributed by atoms with Crippen LogP contribution < -0.4 is 10.6 Å². The van der Waals surface area contributed by atoms with Crippen molar-refractivity contribution in [2.75, 3.05) is 17.7 Å². The number of rotatable bonds is 3. The first-order valence-electron chi connectivity index (χ1n) is 4.81. The van der Waals surface area contributed by atoms with Gasteiger partial charge in [-0.3, -0.25) is 0 Å². The van der Waals surface area contributed by atoms with Crippen LogP contribution in [0.1, 0.15) is 0 Å². The zero-order chi connectivity index (χ0) is 11.4. The molecule has 0 radical (unpaired) electrons. The van der Waals surface area contributed by atoms with Gasteiger partial charge in [0.1, 0.15) is 5.82 Å². The molecule has 0 saturated carbocycles. The van der Waals surface area contributed by atoms with Crippen LogP contribution in [0.3, 0.4) is 0 Å². The predicted molar refractivity (Wildman–Crippen MR) is 74.0 cm³/mol. The summed E-state index contributed by atoms with van der Waals surface area (Å²) < 4.78 is 1.19. The normalized spacial score (nSPS) is 9.88. The summed E-state index contributed by atoms with van der Waals surface area (Å²) in [5.74, 6) is 1.39. The van der Waals surface area contributed by atoms with Crippen LogP contribution in [0.4, 0.5) is 17.5 Å². The van der Waals surface area contributed by atoms with Gasteiger partial charge in [-0.15, -0.1) is 0 Å². The van der Waals surface area contributed by atoms with Crippen LogP contribution in [0.5, 0.6) is 0 Å². The number of anilines is 3. The van der Waals surface area contributed by atoms with Crippen molar-refractivity contribution in [2.45, 2.75) is 0 Å². The van der Waals surface area contributed by atoms with Gasteiger partial charge in [-0.25, -0.2) is 4.98 Å². The minimum Gasteiger partial charge on any atom is -0.357 e. The molecule has 4 nitrogen and oxygen atoms in total. The Bertz CT molecular complexity index is 487. The lowest BCUT2D eigenvalue weighted by Crippen LogP contribution is -1.99. The van der Waals surface area contributed by atoms with Crippen molar-refractivity contribution < 1.29 is 0 Å². The molecule has 2 N–H and O–H groups in total. The van der Waals surface area contributed by atoms with Crippen LogP contribution in [0.25, 0.3) is 0 Å². The molecule has 0 saturated heterocycles. The zero-order valence-electron chi connectivity index (χ0n) is 8.74. The van der Waals surface area contributed by atoms with E-state index in [0.29, 0.717) is 5.95 Å². The van der Waals surface area contributed by atoms with Gasteiger partial charge in [0.25, 0.3) is 0 Å². The quantitative estimate of drug-likeness (QED) is 0.852. The standard InChI is InChI=1S/C11H11IN4/c1-13-11-14-6-5-10(16-11)15-9-4-2-3-8(12)7-9/h2-7H,1H3,(H2,13,14,15,16). The van der Waals surface area contributed by atoms with Gasteiger partial charge >= 0.3 is 0 Å². The van der Waals surface area contributed by atoms with Crippen molar-refractivity contribution in [2.24, 2.45) is 0 Å². The van der Waals surface area contributed by atoms with Gasteiger partial charge in [0.2, 0.25) is 5.95 Å². The number of hydrogen-bond donors (Lipinski definition) is 2. The van der Waals surface area contributed by atoms with Crippen molar-refractivity contribution in [3.05, 3.63) is 40.1 Å². The Hall–Kier alpha value is -1.37. The average Bonchev–Trinajstić information content (AvgIpc) is 2.29. The molecule has 0 bridgehead atoms. The first kappa shape index (κ1) is 11.1. The van der Waals surface area contributed by atoms with Crippen LogP contribution >= 0.6 is 22.6 Å². The highest BCUT2D eigenvalue weighted by atomic mass is 127. The largest absolute Gasteiger partial charge is 0.357 e. The third-order valence-corrected chi connectivity index (χ3v) is 2.65. The first-order valence-corrected chi connectivity index (χ1v) is 5.89. The second kappa shape index (κ2) is 5.11. The van der Waals surface area contributed by atoms with Crippen molar-refractivity contribution in [1.82, 2.24) is 9.97 Å². The number of nitrogens with one attached hydrogen (secondary N) is 2. The molecule has 1 aromatic carbocycles. The third kappa shape index (κ3) is 2.82. The molecule has 1 aromatic heterocycles. The van der Waals surface area contributed by atoms with Crippen molar-refractivity contribution in [1.29, 1.82) is 0 Å². The molecule has 0 spiro atoms. The molecule has 0 atom stereocenters. The van der Waals surface area contributed by atoms with Gasteiger partial charge in [-0.1, -0.05) is 6.07 Å². The topological polar surface area (TPSA) is 49.8 Å². The summed E-state index contributed by atoms with van der Waals surface area (Å²) in [5, 5.41) is 6.12. The van der Waals surface area contributed by atoms with Crippen LogP contribution in [0.15, 0.2) is 36.5 Å². The SMILES string of the molecule is CNc1nccc(Nc2cccc(I)c2)n1. The Morgan fingerprint density at radius 1 is 1.25 bits per heavy atom. The smallest absolute Gasteiger partial charge is 0.224 e. The summed E-state index contributed by atoms with van der Waals surface area (Å²) in [4.78, 5) is 8.33. The fraction of sp³-hybridized carbons (Fsp3) is 0.0909. The fourth-order valence-corrected chi connectivity index (χ4v) is 1.81. The Labute approximate surface area is 108 Å². The summed E-state index contributed by atoms with van der Waals surface area (Å²) in [5.41, 5.74) is 1.02. The molecular weight excluding hydrogens is 315 g/mol. The summed E-state index contributed by atoms with van der Waals surface area (Å²) in [6, 6.07) is 9.95. The van der Waals surface area contributed by atoms with Crippen LogP contribution in [0, 0.1) is 3.57 Å². The van der Waals surface area contributed by atoms with Gasteiger partial charge in [-0.2, -0.15) is 4.98 Å². The summed E-state index contributed by atoms with van der Waals surface area (Å²) >= 11 is 2.28. The maximum absolute atomic E-state index is 4.28. The van der Waals surface area contributed by atoms with Crippen molar-refractivity contribution in [3.8, 4) is 0 Å². The highest BCUT2D eigenvalue weighted by molar-refractivity contribution is 14.1. The van der Waals surface area contributed by atoms with Gasteiger partial charge in [0.05, 0.1) is 0 Å². The highest BCUT2D eigenvalue weighted by Gasteiger charge is 1.98. The van der Waals surface area contributed by atoms with E-state index in [0.717, 1.165) is 11.5 Å². The highest BCUT2D eigenvalue weighted by Crippen LogP contribution is 2.17. The van der Waals surface area contributed by atoms with Gasteiger partial charge < -0.3 is 10.6 Å². The van der Waals surface area contributed by atoms with Crippen LogP contribution in [-0.4, -0.2) is 17.0 Å². The van der Waals surface area contributed by atoms with E-state index >= 15 is 0 Å². The van der Waals surface area contributed by atoms with E-state index in [9.17, 15) is 0 Å². The van der Waals surface area contributed by atoms with E-state index in [2.05, 4.69) is 49.3 Å². The summed E-state index contributed by atoms with van der Waals surface area (Å²) in [6.45, 7) is 0. The number of nitrogens with zero attached hydrogens (tertiary/aromatic N) is 2. The van der Waals surface area contributed by atoms with Gasteiger partial charge in [0, 0.05) is 22.5 Å². The molecule has 2 aromatic rings. The Morgan fingerprint density at radius 3 is 2.88 bits per heavy atom. The molecule has 82 valence electrons. The number of benzene rings is 1. The second-order valence-electron chi connectivity index (χ2n) is 3.15. The monoisotopic (exact) mass is 326 g/mol. The fourth-order valence-electron chi connectivity index (χ4n) is 1.26. The minimum absolute atomic E-state index is 0.607. The zero-order valence-corrected chi connectivity index (χ0v) is 10.9. The summed E-state index contributed by atoms with van der Waals surface area (Å²) in [7, 11) is 1.80. The molecule has 0 aliphatic heterocycles. The van der Waals surface area contributed by atoms with Gasteiger partial charge in [-0.05, 0) is 46.9 Å². The van der Waals surface area contributed by atoms with Gasteiger partial charge in [0.15, 0.2) is 0 Å². The summed E-state index contributed by atoms with van der Waals surface area (Å²) in [6.07, 6.45) is 1.72. The lowest BCUT2D eigenvalue weighted by Gasteiger charge is -2.06. The van der Waals surface area contributed by atoms with Crippen LogP contribution in [-0.2, 0) is 0 Å². The lowest BCUT2D eigenvalue weighted by atomic mass is 10.3. The lowest BCUT2D eigenvalue weighted by molar-refractivity contribution is 1.15. The second-order valence-corrected chi connectivity index (χ2v) is 4.40. The number of halogens is 1. The molecule has 5 heteroatoms. The Balaban J connectivity index is 2.20. The molecular formula is C11H11IN4. The minimum atomic E-state index is 0.607. The van der Waals surface area contributed by atoms with E-state index in [1.807, 2.05) is 24.3 Å². The molecule has 0 aliphatic rings. The maximum Gasteiger partial charge on any atom is 0.224 e. The molecule has 0 aliphatic carbocycles. The number of hydrogen-bond acceptors (Lipinski definition) is 4. The maximum atomic E-state index is 4.28. The van der Waals surface area contributed by atoms with E-state index in [4.69, 9.17) is 0 Å². The molecule has 1 heterocycles. The molecule has 0 fully saturated rings. The van der Waals surface area contributed by atoms with Crippen molar-refractivity contribution in [3.63, 3.8) is 0 Å². The van der Waals surface area contributed by atoms with E-state index in [1.54, 1.807) is 13.2 Å². The van der Waals surface area contributed by atoms with Crippen molar-refractivity contribution >= 4 is 40.0 Å². The Kier molecular flexibility index (Phi) is 3.55. The molecule has 0 unspecified atom stereocenters. The molecule has 16 heavy (non-hydrogen) atoms. The van der Waals surface area contributed by atoms with E-state index < -0.39 is 0 Å². The molecule has 2 rings (SSSR count). The third-order valence-electron chi connectivity index (χ3n) is 1.98. The average molecular weight is 326 g/mol. The molecule has 0 amide bonds. The number of aromatic nitrogens is 2. The van der Waals surface area contributed by atoms with Crippen LogP contribution in [0.2, 0.25) is 0 Å². The van der Waals surface area contributed by atoms with E-state index in [1.165, 1.54) is 3.57 Å². The van der Waals surface area contributed by atoms with E-state index in [-0.39, 0.29) is 0 Å².